The van der Waals surface area contributed by atoms with Crippen molar-refractivity contribution in [2.75, 3.05) is 33.4 Å². The molecule has 1 aliphatic rings. The highest BCUT2D eigenvalue weighted by Gasteiger charge is 2.16. The fourth-order valence-corrected chi connectivity index (χ4v) is 2.33. The summed E-state index contributed by atoms with van der Waals surface area (Å²) in [6.45, 7) is 6.37. The lowest BCUT2D eigenvalue weighted by molar-refractivity contribution is 0.0333. The van der Waals surface area contributed by atoms with Gasteiger partial charge in [0.05, 0.1) is 31.7 Å². The molecule has 0 amide bonds. The second-order valence-corrected chi connectivity index (χ2v) is 4.68. The normalized spacial score (nSPS) is 16.9. The molecule has 3 heterocycles. The summed E-state index contributed by atoms with van der Waals surface area (Å²) in [7, 11) is 1.62. The fraction of sp³-hybridized carbons (Fsp3) is 0.538. The molecule has 2 aromatic rings. The van der Waals surface area contributed by atoms with Gasteiger partial charge in [0.25, 0.3) is 0 Å². The molecular formula is C13H18N4O2. The van der Waals surface area contributed by atoms with Crippen molar-refractivity contribution in [3.8, 4) is 5.88 Å². The quantitative estimate of drug-likeness (QED) is 0.822. The first-order valence-corrected chi connectivity index (χ1v) is 6.47. The van der Waals surface area contributed by atoms with Crippen molar-refractivity contribution in [1.82, 2.24) is 19.5 Å². The second-order valence-electron chi connectivity index (χ2n) is 4.68. The molecule has 0 aliphatic carbocycles. The van der Waals surface area contributed by atoms with E-state index in [0.29, 0.717) is 5.88 Å². The van der Waals surface area contributed by atoms with Gasteiger partial charge in [0.1, 0.15) is 0 Å². The van der Waals surface area contributed by atoms with E-state index < -0.39 is 0 Å². The third kappa shape index (κ3) is 2.41. The highest BCUT2D eigenvalue weighted by atomic mass is 16.5. The van der Waals surface area contributed by atoms with E-state index in [2.05, 4.69) is 15.0 Å². The SMILES string of the molecule is COc1ccc2nc(C)c(CN3CCOCC3)n2n1. The number of imidazole rings is 1. The van der Waals surface area contributed by atoms with Crippen LogP contribution in [0.15, 0.2) is 12.1 Å². The number of ether oxygens (including phenoxy) is 2. The molecule has 0 unspecified atom stereocenters. The minimum absolute atomic E-state index is 0.605. The summed E-state index contributed by atoms with van der Waals surface area (Å²) in [6, 6.07) is 3.77. The van der Waals surface area contributed by atoms with Gasteiger partial charge < -0.3 is 9.47 Å². The standard InChI is InChI=1S/C13H18N4O2/c1-10-11(9-16-5-7-19-8-6-16)17-12(14-10)3-4-13(15-17)18-2/h3-4H,5-9H2,1-2H3. The van der Waals surface area contributed by atoms with Crippen LogP contribution in [0.4, 0.5) is 0 Å². The summed E-state index contributed by atoms with van der Waals surface area (Å²) < 4.78 is 12.4. The minimum atomic E-state index is 0.605. The van der Waals surface area contributed by atoms with Crippen LogP contribution in [0.1, 0.15) is 11.4 Å². The van der Waals surface area contributed by atoms with Crippen molar-refractivity contribution in [1.29, 1.82) is 0 Å². The van der Waals surface area contributed by atoms with Crippen LogP contribution in [0, 0.1) is 6.92 Å². The third-order valence-electron chi connectivity index (χ3n) is 3.43. The predicted molar refractivity (Wildman–Crippen MR) is 70.4 cm³/mol. The molecule has 3 rings (SSSR count). The lowest BCUT2D eigenvalue weighted by Gasteiger charge is -2.26. The maximum absolute atomic E-state index is 5.37. The monoisotopic (exact) mass is 262 g/mol. The maximum atomic E-state index is 5.37. The van der Waals surface area contributed by atoms with Gasteiger partial charge in [0.15, 0.2) is 5.65 Å². The molecule has 1 aliphatic heterocycles. The number of methoxy groups -OCH3 is 1. The maximum Gasteiger partial charge on any atom is 0.231 e. The van der Waals surface area contributed by atoms with Crippen LogP contribution >= 0.6 is 0 Å². The number of morpholine rings is 1. The van der Waals surface area contributed by atoms with Crippen molar-refractivity contribution in [3.63, 3.8) is 0 Å². The number of hydrogen-bond acceptors (Lipinski definition) is 5. The van der Waals surface area contributed by atoms with Gasteiger partial charge in [0, 0.05) is 25.7 Å². The summed E-state index contributed by atoms with van der Waals surface area (Å²) in [5.74, 6) is 0.605. The highest BCUT2D eigenvalue weighted by molar-refractivity contribution is 5.42. The second kappa shape index (κ2) is 5.14. The number of aryl methyl sites for hydroxylation is 1. The third-order valence-corrected chi connectivity index (χ3v) is 3.43. The zero-order valence-corrected chi connectivity index (χ0v) is 11.3. The van der Waals surface area contributed by atoms with Crippen LogP contribution in [0.25, 0.3) is 5.65 Å². The van der Waals surface area contributed by atoms with Crippen LogP contribution in [0.2, 0.25) is 0 Å². The predicted octanol–water partition coefficient (Wildman–Crippen LogP) is 0.879. The van der Waals surface area contributed by atoms with E-state index in [-0.39, 0.29) is 0 Å². The molecule has 0 atom stereocenters. The molecule has 0 N–H and O–H groups in total. The lowest BCUT2D eigenvalue weighted by atomic mass is 10.3. The fourth-order valence-electron chi connectivity index (χ4n) is 2.33. The van der Waals surface area contributed by atoms with Crippen molar-refractivity contribution < 1.29 is 9.47 Å². The van der Waals surface area contributed by atoms with E-state index in [4.69, 9.17) is 9.47 Å². The number of nitrogens with zero attached hydrogens (tertiary/aromatic N) is 4. The number of hydrogen-bond donors (Lipinski definition) is 0. The van der Waals surface area contributed by atoms with Crippen molar-refractivity contribution >= 4 is 5.65 Å². The van der Waals surface area contributed by atoms with Crippen molar-refractivity contribution in [2.24, 2.45) is 0 Å². The Labute approximate surface area is 111 Å². The molecule has 0 spiro atoms. The van der Waals surface area contributed by atoms with Crippen LogP contribution in [-0.4, -0.2) is 52.9 Å². The van der Waals surface area contributed by atoms with Crippen LogP contribution < -0.4 is 4.74 Å². The van der Waals surface area contributed by atoms with Gasteiger partial charge in [-0.25, -0.2) is 9.50 Å². The average Bonchev–Trinajstić information content (AvgIpc) is 2.76. The molecule has 0 aromatic carbocycles. The van der Waals surface area contributed by atoms with Gasteiger partial charge in [-0.2, -0.15) is 0 Å². The Hall–Kier alpha value is -1.66. The lowest BCUT2D eigenvalue weighted by Crippen LogP contribution is -2.36. The molecule has 102 valence electrons. The Morgan fingerprint density at radius 3 is 2.84 bits per heavy atom. The molecule has 1 saturated heterocycles. The molecule has 6 heteroatoms. The van der Waals surface area contributed by atoms with Crippen molar-refractivity contribution in [2.45, 2.75) is 13.5 Å². The Morgan fingerprint density at radius 1 is 1.32 bits per heavy atom. The first kappa shape index (κ1) is 12.4. The van der Waals surface area contributed by atoms with Gasteiger partial charge in [-0.3, -0.25) is 4.90 Å². The zero-order chi connectivity index (χ0) is 13.2. The smallest absolute Gasteiger partial charge is 0.231 e. The van der Waals surface area contributed by atoms with E-state index in [1.165, 1.54) is 0 Å². The van der Waals surface area contributed by atoms with E-state index in [9.17, 15) is 0 Å². The number of aromatic nitrogens is 3. The first-order valence-electron chi connectivity index (χ1n) is 6.47. The summed E-state index contributed by atoms with van der Waals surface area (Å²) >= 11 is 0. The molecule has 1 fully saturated rings. The van der Waals surface area contributed by atoms with E-state index in [0.717, 1.165) is 49.9 Å². The molecular weight excluding hydrogens is 244 g/mol. The average molecular weight is 262 g/mol. The first-order chi connectivity index (χ1) is 9.28. The number of rotatable bonds is 3. The summed E-state index contributed by atoms with van der Waals surface area (Å²) in [6.07, 6.45) is 0. The van der Waals surface area contributed by atoms with Gasteiger partial charge in [0.2, 0.25) is 5.88 Å². The summed E-state index contributed by atoms with van der Waals surface area (Å²) in [5, 5.41) is 4.45. The topological polar surface area (TPSA) is 51.9 Å². The van der Waals surface area contributed by atoms with E-state index in [1.807, 2.05) is 23.6 Å². The molecule has 19 heavy (non-hydrogen) atoms. The van der Waals surface area contributed by atoms with E-state index in [1.54, 1.807) is 7.11 Å². The largest absolute Gasteiger partial charge is 0.480 e. The molecule has 6 nitrogen and oxygen atoms in total. The van der Waals surface area contributed by atoms with E-state index >= 15 is 0 Å². The minimum Gasteiger partial charge on any atom is -0.480 e. The Kier molecular flexibility index (Phi) is 3.35. The zero-order valence-electron chi connectivity index (χ0n) is 11.3. The molecule has 0 radical (unpaired) electrons. The Balaban J connectivity index is 1.94. The van der Waals surface area contributed by atoms with Crippen LogP contribution in [-0.2, 0) is 11.3 Å². The van der Waals surface area contributed by atoms with Gasteiger partial charge in [-0.1, -0.05) is 0 Å². The summed E-state index contributed by atoms with van der Waals surface area (Å²) in [4.78, 5) is 6.90. The molecule has 0 saturated carbocycles. The van der Waals surface area contributed by atoms with Gasteiger partial charge >= 0.3 is 0 Å². The van der Waals surface area contributed by atoms with Gasteiger partial charge in [-0.15, -0.1) is 5.10 Å². The van der Waals surface area contributed by atoms with Crippen LogP contribution in [0.5, 0.6) is 5.88 Å². The van der Waals surface area contributed by atoms with Crippen molar-refractivity contribution in [3.05, 3.63) is 23.5 Å². The highest BCUT2D eigenvalue weighted by Crippen LogP contribution is 2.16. The number of fused-ring (bicyclic) bond motifs is 1. The van der Waals surface area contributed by atoms with Gasteiger partial charge in [-0.05, 0) is 13.0 Å². The molecule has 2 aromatic heterocycles. The van der Waals surface area contributed by atoms with Crippen LogP contribution in [0.3, 0.4) is 0 Å². The summed E-state index contributed by atoms with van der Waals surface area (Å²) in [5.41, 5.74) is 3.00. The Bertz CT molecular complexity index is 575. The molecule has 0 bridgehead atoms. The Morgan fingerprint density at radius 2 is 2.11 bits per heavy atom.